The Morgan fingerprint density at radius 2 is 2.18 bits per heavy atom. The fourth-order valence-corrected chi connectivity index (χ4v) is 4.22. The van der Waals surface area contributed by atoms with Crippen LogP contribution in [0.15, 0.2) is 29.3 Å². The summed E-state index contributed by atoms with van der Waals surface area (Å²) in [4.78, 5) is 27.9. The largest absolute Gasteiger partial charge is 0.396 e. The first-order valence-corrected chi connectivity index (χ1v) is 10.7. The minimum atomic E-state index is -0.467. The van der Waals surface area contributed by atoms with Crippen molar-refractivity contribution in [3.63, 3.8) is 0 Å². The highest BCUT2D eigenvalue weighted by Gasteiger charge is 2.41. The molecule has 170 valence electrons. The molecule has 0 amide bonds. The van der Waals surface area contributed by atoms with E-state index in [0.29, 0.717) is 39.6 Å². The second-order valence-electron chi connectivity index (χ2n) is 7.98. The molecule has 12 nitrogen and oxygen atoms in total. The van der Waals surface area contributed by atoms with Crippen LogP contribution in [0.5, 0.6) is 0 Å². The average Bonchev–Trinajstić information content (AvgIpc) is 3.44. The first kappa shape index (κ1) is 21.2. The van der Waals surface area contributed by atoms with Crippen LogP contribution in [0.1, 0.15) is 31.3 Å². The Kier molecular flexibility index (Phi) is 5.17. The van der Waals surface area contributed by atoms with Crippen LogP contribution in [0.2, 0.25) is 5.02 Å². The molecule has 3 aromatic heterocycles. The van der Waals surface area contributed by atoms with Crippen LogP contribution in [-0.2, 0) is 7.05 Å². The van der Waals surface area contributed by atoms with Crippen LogP contribution in [0, 0.1) is 5.92 Å². The van der Waals surface area contributed by atoms with Crippen LogP contribution >= 0.6 is 11.6 Å². The highest BCUT2D eigenvalue weighted by Crippen LogP contribution is 2.43. The fourth-order valence-electron chi connectivity index (χ4n) is 3.97. The second kappa shape index (κ2) is 8.05. The van der Waals surface area contributed by atoms with E-state index >= 15 is 0 Å². The van der Waals surface area contributed by atoms with E-state index in [1.807, 2.05) is 6.92 Å². The molecule has 2 unspecified atom stereocenters. The summed E-state index contributed by atoms with van der Waals surface area (Å²) in [6.45, 7) is 1.85. The number of nitrogens with zero attached hydrogens (tertiary/aromatic N) is 8. The summed E-state index contributed by atoms with van der Waals surface area (Å²) in [6.07, 6.45) is 2.01. The maximum absolute atomic E-state index is 13.5. The van der Waals surface area contributed by atoms with Crippen molar-refractivity contribution in [3.05, 3.63) is 45.7 Å². The fraction of sp³-hybridized carbons (Fsp3) is 0.350. The van der Waals surface area contributed by atoms with Crippen molar-refractivity contribution in [2.75, 3.05) is 17.7 Å². The topological polar surface area (TPSA) is 163 Å². The van der Waals surface area contributed by atoms with Crippen molar-refractivity contribution in [1.82, 2.24) is 39.7 Å². The molecule has 0 aliphatic heterocycles. The first-order valence-electron chi connectivity index (χ1n) is 10.3. The number of aliphatic hydroxyl groups is 1. The van der Waals surface area contributed by atoms with E-state index < -0.39 is 6.04 Å². The van der Waals surface area contributed by atoms with Gasteiger partial charge in [0.15, 0.2) is 0 Å². The minimum Gasteiger partial charge on any atom is -0.396 e. The van der Waals surface area contributed by atoms with Gasteiger partial charge in [-0.2, -0.15) is 4.80 Å². The van der Waals surface area contributed by atoms with Gasteiger partial charge in [-0.3, -0.25) is 9.36 Å². The number of aliphatic hydroxyl groups excluding tert-OH is 1. The number of fused-ring (bicyclic) bond motifs is 1. The van der Waals surface area contributed by atoms with Gasteiger partial charge in [-0.15, -0.1) is 10.2 Å². The van der Waals surface area contributed by atoms with E-state index in [4.69, 9.17) is 22.3 Å². The number of nitrogen functional groups attached to an aromatic ring is 1. The monoisotopic (exact) mass is 468 g/mol. The predicted molar refractivity (Wildman–Crippen MR) is 122 cm³/mol. The van der Waals surface area contributed by atoms with Crippen molar-refractivity contribution in [2.24, 2.45) is 13.0 Å². The van der Waals surface area contributed by atoms with Gasteiger partial charge in [-0.25, -0.2) is 15.0 Å². The Hall–Kier alpha value is -3.64. The van der Waals surface area contributed by atoms with Crippen molar-refractivity contribution in [2.45, 2.75) is 25.4 Å². The van der Waals surface area contributed by atoms with Crippen LogP contribution < -0.4 is 16.6 Å². The van der Waals surface area contributed by atoms with Gasteiger partial charge in [0.2, 0.25) is 5.82 Å². The van der Waals surface area contributed by atoms with Crippen molar-refractivity contribution in [3.8, 4) is 11.4 Å². The molecule has 0 spiro atoms. The number of anilines is 2. The molecule has 1 aliphatic rings. The summed E-state index contributed by atoms with van der Waals surface area (Å²) in [5.41, 5.74) is 6.74. The van der Waals surface area contributed by atoms with E-state index in [9.17, 15) is 9.90 Å². The highest BCUT2D eigenvalue weighted by molar-refractivity contribution is 6.35. The smallest absolute Gasteiger partial charge is 0.263 e. The standard InChI is InChI=1S/C20H21ClN10O2/c1-9(25-17-15(16(22)23-8-24-17)18-27-29-30(2)28-18)19-26-12-5-3-4-11(21)14(12)20(33)31(19)13-6-10(13)7-32/h3-5,8-10,13,32H,6-7H2,1-2H3,(H3,22,23,24,25)/t9-,10?,13?/m0/s1. The molecule has 13 heteroatoms. The normalized spacial score (nSPS) is 18.4. The van der Waals surface area contributed by atoms with Crippen LogP contribution in [0.25, 0.3) is 22.3 Å². The zero-order valence-electron chi connectivity index (χ0n) is 17.8. The summed E-state index contributed by atoms with van der Waals surface area (Å²) in [7, 11) is 1.64. The SMILES string of the molecule is C[C@H](Nc1ncnc(N)c1-c1nnn(C)n1)c1nc2cccc(Cl)c2c(=O)n1C1CC1CO. The van der Waals surface area contributed by atoms with E-state index in [2.05, 4.69) is 30.7 Å². The molecule has 0 radical (unpaired) electrons. The molecule has 1 fully saturated rings. The maximum atomic E-state index is 13.5. The number of rotatable bonds is 6. The number of nitrogens with one attached hydrogen (secondary N) is 1. The van der Waals surface area contributed by atoms with Gasteiger partial charge in [-0.1, -0.05) is 17.7 Å². The quantitative estimate of drug-likeness (QED) is 0.376. The summed E-state index contributed by atoms with van der Waals surface area (Å²) >= 11 is 6.33. The zero-order chi connectivity index (χ0) is 23.3. The molecule has 1 saturated carbocycles. The molecular formula is C20H21ClN10O2. The molecular weight excluding hydrogens is 448 g/mol. The molecule has 3 atom stereocenters. The molecule has 0 bridgehead atoms. The summed E-state index contributed by atoms with van der Waals surface area (Å²) in [5, 5.41) is 25.7. The number of nitrogens with two attached hydrogens (primary N) is 1. The third kappa shape index (κ3) is 3.66. The Morgan fingerprint density at radius 1 is 1.36 bits per heavy atom. The molecule has 4 aromatic rings. The van der Waals surface area contributed by atoms with Gasteiger partial charge in [0, 0.05) is 18.6 Å². The van der Waals surface area contributed by atoms with Crippen molar-refractivity contribution in [1.29, 1.82) is 0 Å². The van der Waals surface area contributed by atoms with Crippen molar-refractivity contribution >= 4 is 34.1 Å². The van der Waals surface area contributed by atoms with Gasteiger partial charge >= 0.3 is 0 Å². The number of hydrogen-bond acceptors (Lipinski definition) is 10. The van der Waals surface area contributed by atoms with E-state index in [1.54, 1.807) is 29.8 Å². The van der Waals surface area contributed by atoms with Gasteiger partial charge in [-0.05, 0) is 30.7 Å². The number of hydrogen-bond donors (Lipinski definition) is 3. The van der Waals surface area contributed by atoms with Crippen LogP contribution in [-0.4, -0.2) is 51.4 Å². The number of aryl methyl sites for hydroxylation is 1. The Morgan fingerprint density at radius 3 is 2.88 bits per heavy atom. The number of aromatic nitrogens is 8. The van der Waals surface area contributed by atoms with E-state index in [-0.39, 0.29) is 35.8 Å². The number of benzene rings is 1. The lowest BCUT2D eigenvalue weighted by Crippen LogP contribution is -2.29. The lowest BCUT2D eigenvalue weighted by molar-refractivity contribution is 0.267. The molecule has 5 rings (SSSR count). The number of halogens is 1. The second-order valence-corrected chi connectivity index (χ2v) is 8.38. The Bertz CT molecular complexity index is 1420. The average molecular weight is 469 g/mol. The van der Waals surface area contributed by atoms with E-state index in [0.717, 1.165) is 0 Å². The summed E-state index contributed by atoms with van der Waals surface area (Å²) < 4.78 is 1.62. The third-order valence-corrected chi connectivity index (χ3v) is 6.02. The van der Waals surface area contributed by atoms with Gasteiger partial charge in [0.25, 0.3) is 5.56 Å². The van der Waals surface area contributed by atoms with Gasteiger partial charge < -0.3 is 16.2 Å². The molecule has 3 heterocycles. The molecule has 1 aliphatic carbocycles. The minimum absolute atomic E-state index is 0.00978. The Balaban J connectivity index is 1.62. The third-order valence-electron chi connectivity index (χ3n) is 5.71. The Labute approximate surface area is 192 Å². The van der Waals surface area contributed by atoms with Gasteiger partial charge in [0.05, 0.1) is 29.0 Å². The molecule has 0 saturated heterocycles. The maximum Gasteiger partial charge on any atom is 0.263 e. The van der Waals surface area contributed by atoms with Crippen LogP contribution in [0.3, 0.4) is 0 Å². The lowest BCUT2D eigenvalue weighted by atomic mass is 10.2. The highest BCUT2D eigenvalue weighted by atomic mass is 35.5. The number of tetrazole rings is 1. The zero-order valence-corrected chi connectivity index (χ0v) is 18.6. The molecule has 1 aromatic carbocycles. The van der Waals surface area contributed by atoms with Crippen LogP contribution in [0.4, 0.5) is 11.6 Å². The van der Waals surface area contributed by atoms with E-state index in [1.165, 1.54) is 11.1 Å². The molecule has 33 heavy (non-hydrogen) atoms. The lowest BCUT2D eigenvalue weighted by Gasteiger charge is -2.21. The first-order chi connectivity index (χ1) is 15.9. The summed E-state index contributed by atoms with van der Waals surface area (Å²) in [6, 6.07) is 4.54. The predicted octanol–water partition coefficient (Wildman–Crippen LogP) is 1.34. The molecule has 4 N–H and O–H groups in total. The van der Waals surface area contributed by atoms with Crippen molar-refractivity contribution < 1.29 is 5.11 Å². The van der Waals surface area contributed by atoms with Gasteiger partial charge in [0.1, 0.15) is 29.4 Å². The summed E-state index contributed by atoms with van der Waals surface area (Å²) in [5.74, 6) is 1.31.